The molecule has 14 heavy (non-hydrogen) atoms. The molecule has 0 amide bonds. The van der Waals surface area contributed by atoms with Gasteiger partial charge < -0.3 is 5.73 Å². The number of para-hydroxylation sites is 1. The average Bonchev–Trinajstić information content (AvgIpc) is 2.23. The second kappa shape index (κ2) is 3.46. The summed E-state index contributed by atoms with van der Waals surface area (Å²) < 4.78 is 13.1. The van der Waals surface area contributed by atoms with Gasteiger partial charge in [-0.25, -0.2) is 4.39 Å². The van der Waals surface area contributed by atoms with E-state index in [0.29, 0.717) is 11.3 Å². The molecule has 2 rings (SSSR count). The number of anilines is 1. The number of hydrogen-bond donors (Lipinski definition) is 1. The van der Waals surface area contributed by atoms with Crippen LogP contribution >= 0.6 is 0 Å². The van der Waals surface area contributed by atoms with E-state index in [0.717, 1.165) is 0 Å². The Morgan fingerprint density at radius 3 is 2.64 bits per heavy atom. The number of halogens is 1. The van der Waals surface area contributed by atoms with Crippen LogP contribution in [0.4, 0.5) is 10.1 Å². The normalized spacial score (nSPS) is 10.1. The Balaban J connectivity index is 2.58. The average molecular weight is 188 g/mol. The molecular formula is C11H9FN2. The summed E-state index contributed by atoms with van der Waals surface area (Å²) in [5.74, 6) is -0.409. The monoisotopic (exact) mass is 188 g/mol. The topological polar surface area (TPSA) is 38.9 Å². The first-order valence-electron chi connectivity index (χ1n) is 4.24. The lowest BCUT2D eigenvalue weighted by atomic mass is 10.1. The molecule has 0 aliphatic heterocycles. The second-order valence-electron chi connectivity index (χ2n) is 2.92. The molecule has 0 spiro atoms. The van der Waals surface area contributed by atoms with Crippen molar-refractivity contribution in [3.8, 4) is 11.3 Å². The van der Waals surface area contributed by atoms with Crippen LogP contribution in [0.1, 0.15) is 0 Å². The number of nitrogen functional groups attached to an aromatic ring is 1. The lowest BCUT2D eigenvalue weighted by molar-refractivity contribution is 0.633. The maximum atomic E-state index is 13.1. The molecule has 0 bridgehead atoms. The van der Waals surface area contributed by atoms with E-state index in [-0.39, 0.29) is 5.69 Å². The standard InChI is InChI=1S/C11H9FN2/c12-9-5-3-4-8(11(9)13)10-6-1-2-7-14-10/h1-7H,13H2. The van der Waals surface area contributed by atoms with E-state index in [1.54, 1.807) is 30.5 Å². The minimum atomic E-state index is -0.409. The van der Waals surface area contributed by atoms with E-state index < -0.39 is 5.82 Å². The van der Waals surface area contributed by atoms with Crippen molar-refractivity contribution < 1.29 is 4.39 Å². The SMILES string of the molecule is Nc1c(F)cccc1-c1ccccn1. The van der Waals surface area contributed by atoms with Crippen molar-refractivity contribution in [1.29, 1.82) is 0 Å². The summed E-state index contributed by atoms with van der Waals surface area (Å²) in [6, 6.07) is 10.1. The number of rotatable bonds is 1. The van der Waals surface area contributed by atoms with Crippen molar-refractivity contribution >= 4 is 5.69 Å². The summed E-state index contributed by atoms with van der Waals surface area (Å²) in [4.78, 5) is 4.10. The highest BCUT2D eigenvalue weighted by atomic mass is 19.1. The predicted molar refractivity (Wildman–Crippen MR) is 54.0 cm³/mol. The molecule has 0 atom stereocenters. The summed E-state index contributed by atoms with van der Waals surface area (Å²) in [6.07, 6.45) is 1.65. The third kappa shape index (κ3) is 1.44. The van der Waals surface area contributed by atoms with Crippen LogP contribution in [0.3, 0.4) is 0 Å². The van der Waals surface area contributed by atoms with Crippen molar-refractivity contribution in [1.82, 2.24) is 4.98 Å². The molecule has 0 unspecified atom stereocenters. The number of pyridine rings is 1. The molecule has 2 aromatic rings. The van der Waals surface area contributed by atoms with Crippen molar-refractivity contribution in [2.75, 3.05) is 5.73 Å². The Morgan fingerprint density at radius 2 is 1.93 bits per heavy atom. The number of hydrogen-bond acceptors (Lipinski definition) is 2. The summed E-state index contributed by atoms with van der Waals surface area (Å²) in [7, 11) is 0. The minimum absolute atomic E-state index is 0.145. The van der Waals surface area contributed by atoms with Gasteiger partial charge in [0.1, 0.15) is 5.82 Å². The smallest absolute Gasteiger partial charge is 0.146 e. The fourth-order valence-electron chi connectivity index (χ4n) is 1.28. The first-order valence-corrected chi connectivity index (χ1v) is 4.24. The van der Waals surface area contributed by atoms with Gasteiger partial charge in [0.05, 0.1) is 11.4 Å². The lowest BCUT2D eigenvalue weighted by Gasteiger charge is -2.04. The second-order valence-corrected chi connectivity index (χ2v) is 2.92. The van der Waals surface area contributed by atoms with Gasteiger partial charge in [0.25, 0.3) is 0 Å². The number of nitrogens with two attached hydrogens (primary N) is 1. The zero-order valence-corrected chi connectivity index (χ0v) is 7.44. The van der Waals surface area contributed by atoms with E-state index >= 15 is 0 Å². The molecule has 0 aliphatic carbocycles. The van der Waals surface area contributed by atoms with E-state index in [2.05, 4.69) is 4.98 Å². The third-order valence-corrected chi connectivity index (χ3v) is 1.99. The van der Waals surface area contributed by atoms with Gasteiger partial charge in [-0.2, -0.15) is 0 Å². The van der Waals surface area contributed by atoms with Crippen LogP contribution in [0.5, 0.6) is 0 Å². The molecule has 0 saturated heterocycles. The maximum absolute atomic E-state index is 13.1. The quantitative estimate of drug-likeness (QED) is 0.698. The Morgan fingerprint density at radius 1 is 1.07 bits per heavy atom. The van der Waals surface area contributed by atoms with Gasteiger partial charge in [0, 0.05) is 11.8 Å². The van der Waals surface area contributed by atoms with Crippen molar-refractivity contribution in [2.24, 2.45) is 0 Å². The highest BCUT2D eigenvalue weighted by Crippen LogP contribution is 2.25. The van der Waals surface area contributed by atoms with Crippen LogP contribution in [0.2, 0.25) is 0 Å². The molecule has 1 aromatic carbocycles. The Labute approximate surface area is 81.2 Å². The largest absolute Gasteiger partial charge is 0.396 e. The number of benzene rings is 1. The highest BCUT2D eigenvalue weighted by molar-refractivity contribution is 5.73. The Hall–Kier alpha value is -1.90. The van der Waals surface area contributed by atoms with Gasteiger partial charge in [0.15, 0.2) is 0 Å². The van der Waals surface area contributed by atoms with E-state index in [9.17, 15) is 4.39 Å². The molecule has 3 heteroatoms. The summed E-state index contributed by atoms with van der Waals surface area (Å²) >= 11 is 0. The Bertz CT molecular complexity index is 440. The van der Waals surface area contributed by atoms with Gasteiger partial charge >= 0.3 is 0 Å². The third-order valence-electron chi connectivity index (χ3n) is 1.99. The van der Waals surface area contributed by atoms with Crippen LogP contribution in [0.25, 0.3) is 11.3 Å². The summed E-state index contributed by atoms with van der Waals surface area (Å²) in [6.45, 7) is 0. The van der Waals surface area contributed by atoms with Crippen LogP contribution in [0, 0.1) is 5.82 Å². The molecule has 1 aromatic heterocycles. The molecule has 1 heterocycles. The fourth-order valence-corrected chi connectivity index (χ4v) is 1.28. The lowest BCUT2D eigenvalue weighted by Crippen LogP contribution is -1.94. The van der Waals surface area contributed by atoms with Crippen LogP contribution in [0.15, 0.2) is 42.6 Å². The van der Waals surface area contributed by atoms with Gasteiger partial charge in [-0.05, 0) is 18.2 Å². The molecule has 2 N–H and O–H groups in total. The number of nitrogens with zero attached hydrogens (tertiary/aromatic N) is 1. The minimum Gasteiger partial charge on any atom is -0.396 e. The zero-order valence-electron chi connectivity index (χ0n) is 7.44. The van der Waals surface area contributed by atoms with Crippen molar-refractivity contribution in [2.45, 2.75) is 0 Å². The van der Waals surface area contributed by atoms with Crippen molar-refractivity contribution in [3.05, 3.63) is 48.4 Å². The fraction of sp³-hybridized carbons (Fsp3) is 0. The van der Waals surface area contributed by atoms with Crippen molar-refractivity contribution in [3.63, 3.8) is 0 Å². The maximum Gasteiger partial charge on any atom is 0.146 e. The number of aromatic nitrogens is 1. The molecule has 2 nitrogen and oxygen atoms in total. The van der Waals surface area contributed by atoms with Gasteiger partial charge in [-0.15, -0.1) is 0 Å². The molecule has 0 fully saturated rings. The molecule has 0 saturated carbocycles. The highest BCUT2D eigenvalue weighted by Gasteiger charge is 2.06. The molecule has 0 radical (unpaired) electrons. The van der Waals surface area contributed by atoms with Gasteiger partial charge in [-0.1, -0.05) is 18.2 Å². The van der Waals surface area contributed by atoms with Gasteiger partial charge in [-0.3, -0.25) is 4.98 Å². The predicted octanol–water partition coefficient (Wildman–Crippen LogP) is 2.47. The van der Waals surface area contributed by atoms with E-state index in [1.165, 1.54) is 6.07 Å². The molecule has 70 valence electrons. The summed E-state index contributed by atoms with van der Waals surface area (Å²) in [5.41, 5.74) is 7.06. The first kappa shape index (κ1) is 8.69. The molecular weight excluding hydrogens is 179 g/mol. The van der Waals surface area contributed by atoms with E-state index in [1.807, 2.05) is 6.07 Å². The van der Waals surface area contributed by atoms with E-state index in [4.69, 9.17) is 5.73 Å². The zero-order chi connectivity index (χ0) is 9.97. The van der Waals surface area contributed by atoms with Crippen LogP contribution in [-0.4, -0.2) is 4.98 Å². The molecule has 0 aliphatic rings. The Kier molecular flexibility index (Phi) is 2.14. The van der Waals surface area contributed by atoms with Crippen LogP contribution < -0.4 is 5.73 Å². The summed E-state index contributed by atoms with van der Waals surface area (Å²) in [5, 5.41) is 0. The van der Waals surface area contributed by atoms with Crippen LogP contribution in [-0.2, 0) is 0 Å². The van der Waals surface area contributed by atoms with Gasteiger partial charge in [0.2, 0.25) is 0 Å². The first-order chi connectivity index (χ1) is 6.79.